The van der Waals surface area contributed by atoms with Crippen LogP contribution in [0.4, 0.5) is 0 Å². The Morgan fingerprint density at radius 1 is 1.00 bits per heavy atom. The van der Waals surface area contributed by atoms with Crippen LogP contribution in [0.1, 0.15) is 79.1 Å². The van der Waals surface area contributed by atoms with Crippen LogP contribution in [-0.4, -0.2) is 5.66 Å². The fraction of sp³-hybridized carbons (Fsp3) is 1.00. The molecule has 0 aromatic rings. The van der Waals surface area contributed by atoms with Gasteiger partial charge in [-0.1, -0.05) is 40.5 Å². The van der Waals surface area contributed by atoms with Gasteiger partial charge in [0.25, 0.3) is 0 Å². The summed E-state index contributed by atoms with van der Waals surface area (Å²) >= 11 is 0. The van der Waals surface area contributed by atoms with Gasteiger partial charge in [-0.2, -0.15) is 0 Å². The second kappa shape index (κ2) is 7.62. The Bertz CT molecular complexity index is 285. The van der Waals surface area contributed by atoms with E-state index >= 15 is 0 Å². The summed E-state index contributed by atoms with van der Waals surface area (Å²) in [6.07, 6.45) is 11.9. The van der Waals surface area contributed by atoms with E-state index in [2.05, 4.69) is 36.9 Å². The van der Waals surface area contributed by atoms with Crippen LogP contribution in [0, 0.1) is 35.5 Å². The molecule has 0 heterocycles. The Morgan fingerprint density at radius 2 is 1.75 bits per heavy atom. The summed E-state index contributed by atoms with van der Waals surface area (Å²) in [5.74, 6) is 5.88. The maximum absolute atomic E-state index is 3.16. The van der Waals surface area contributed by atoms with Crippen LogP contribution >= 0.6 is 9.24 Å². The lowest BCUT2D eigenvalue weighted by Crippen LogP contribution is -2.24. The molecule has 0 nitrogen and oxygen atoms in total. The van der Waals surface area contributed by atoms with Gasteiger partial charge in [0.2, 0.25) is 0 Å². The summed E-state index contributed by atoms with van der Waals surface area (Å²) in [6, 6.07) is 0. The molecule has 0 saturated heterocycles. The Kier molecular flexibility index (Phi) is 6.40. The maximum Gasteiger partial charge on any atom is -0.0238 e. The SMILES string of the molecule is CC(C)CC1CCC2CC(C)C(P)CCCC(C)CC12. The van der Waals surface area contributed by atoms with Crippen LogP contribution in [0.15, 0.2) is 0 Å². The maximum atomic E-state index is 3.16. The Hall–Kier alpha value is 0.430. The summed E-state index contributed by atoms with van der Waals surface area (Å²) in [4.78, 5) is 0. The molecule has 0 N–H and O–H groups in total. The highest BCUT2D eigenvalue weighted by molar-refractivity contribution is 7.17. The van der Waals surface area contributed by atoms with E-state index in [1.54, 1.807) is 0 Å². The average Bonchev–Trinajstić information content (AvgIpc) is 2.71. The summed E-state index contributed by atoms with van der Waals surface area (Å²) in [6.45, 7) is 9.86. The van der Waals surface area contributed by atoms with Crippen molar-refractivity contribution in [1.82, 2.24) is 0 Å². The van der Waals surface area contributed by atoms with Crippen molar-refractivity contribution in [3.8, 4) is 0 Å². The highest BCUT2D eigenvalue weighted by Gasteiger charge is 2.38. The summed E-state index contributed by atoms with van der Waals surface area (Å²) in [5.41, 5.74) is 0.866. The van der Waals surface area contributed by atoms with Crippen molar-refractivity contribution in [1.29, 1.82) is 0 Å². The molecule has 0 bridgehead atoms. The van der Waals surface area contributed by atoms with Gasteiger partial charge >= 0.3 is 0 Å². The van der Waals surface area contributed by atoms with Crippen LogP contribution in [0.3, 0.4) is 0 Å². The van der Waals surface area contributed by atoms with Crippen molar-refractivity contribution in [2.24, 2.45) is 35.5 Å². The van der Waals surface area contributed by atoms with Crippen molar-refractivity contribution in [3.63, 3.8) is 0 Å². The minimum atomic E-state index is 0.866. The normalized spacial score (nSPS) is 43.5. The van der Waals surface area contributed by atoms with E-state index in [1.165, 1.54) is 51.4 Å². The molecule has 2 aliphatic rings. The Labute approximate surface area is 130 Å². The zero-order chi connectivity index (χ0) is 14.7. The van der Waals surface area contributed by atoms with E-state index in [0.717, 1.165) is 41.2 Å². The second-order valence-corrected chi connectivity index (χ2v) is 9.40. The molecule has 0 amide bonds. The van der Waals surface area contributed by atoms with Gasteiger partial charge in [-0.15, -0.1) is 9.24 Å². The van der Waals surface area contributed by atoms with Crippen LogP contribution in [-0.2, 0) is 0 Å². The average molecular weight is 296 g/mol. The first kappa shape index (κ1) is 16.8. The minimum Gasteiger partial charge on any atom is -0.134 e. The number of rotatable bonds is 2. The molecule has 20 heavy (non-hydrogen) atoms. The largest absolute Gasteiger partial charge is 0.134 e. The van der Waals surface area contributed by atoms with Gasteiger partial charge < -0.3 is 0 Å². The van der Waals surface area contributed by atoms with Gasteiger partial charge in [0, 0.05) is 0 Å². The third-order valence-corrected chi connectivity index (χ3v) is 7.20. The van der Waals surface area contributed by atoms with Crippen LogP contribution in [0.5, 0.6) is 0 Å². The monoisotopic (exact) mass is 296 g/mol. The zero-order valence-corrected chi connectivity index (χ0v) is 15.4. The zero-order valence-electron chi connectivity index (χ0n) is 14.3. The molecular formula is C19H37P. The van der Waals surface area contributed by atoms with Gasteiger partial charge in [0.1, 0.15) is 0 Å². The standard InChI is InChI=1S/C19H37P/c1-13(2)10-16-8-9-17-12-15(4)19(20)7-5-6-14(3)11-18(16)17/h13-19H,5-12,20H2,1-4H3. The lowest BCUT2D eigenvalue weighted by Gasteiger charge is -2.33. The molecule has 2 aliphatic carbocycles. The minimum absolute atomic E-state index is 0.866. The van der Waals surface area contributed by atoms with E-state index in [9.17, 15) is 0 Å². The first-order chi connectivity index (χ1) is 9.47. The lowest BCUT2D eigenvalue weighted by molar-refractivity contribution is 0.192. The van der Waals surface area contributed by atoms with Crippen LogP contribution in [0.2, 0.25) is 0 Å². The topological polar surface area (TPSA) is 0 Å². The lowest BCUT2D eigenvalue weighted by atomic mass is 9.74. The summed E-state index contributed by atoms with van der Waals surface area (Å²) in [7, 11) is 3.16. The molecule has 0 aromatic heterocycles. The van der Waals surface area contributed by atoms with Gasteiger partial charge in [0.05, 0.1) is 0 Å². The molecule has 0 aliphatic heterocycles. The summed E-state index contributed by atoms with van der Waals surface area (Å²) < 4.78 is 0. The van der Waals surface area contributed by atoms with E-state index in [0.29, 0.717) is 0 Å². The predicted octanol–water partition coefficient (Wildman–Crippen LogP) is 6.15. The molecule has 7 atom stereocenters. The molecule has 1 heteroatoms. The van der Waals surface area contributed by atoms with Crippen molar-refractivity contribution >= 4 is 9.24 Å². The molecule has 118 valence electrons. The highest BCUT2D eigenvalue weighted by Crippen LogP contribution is 2.48. The van der Waals surface area contributed by atoms with Crippen molar-refractivity contribution < 1.29 is 0 Å². The molecule has 7 unspecified atom stereocenters. The molecule has 0 spiro atoms. The molecule has 2 rings (SSSR count). The van der Waals surface area contributed by atoms with Gasteiger partial charge in [-0.3, -0.25) is 0 Å². The smallest absolute Gasteiger partial charge is 0.0238 e. The van der Waals surface area contributed by atoms with Crippen molar-refractivity contribution in [2.45, 2.75) is 84.7 Å². The predicted molar refractivity (Wildman–Crippen MR) is 94.1 cm³/mol. The quantitative estimate of drug-likeness (QED) is 0.536. The second-order valence-electron chi connectivity index (χ2n) is 8.54. The first-order valence-corrected chi connectivity index (χ1v) is 9.89. The molecule has 0 radical (unpaired) electrons. The van der Waals surface area contributed by atoms with E-state index in [4.69, 9.17) is 0 Å². The van der Waals surface area contributed by atoms with E-state index in [1.807, 2.05) is 0 Å². The van der Waals surface area contributed by atoms with Crippen molar-refractivity contribution in [2.75, 3.05) is 0 Å². The van der Waals surface area contributed by atoms with Gasteiger partial charge in [0.15, 0.2) is 0 Å². The number of hydrogen-bond acceptors (Lipinski definition) is 0. The highest BCUT2D eigenvalue weighted by atomic mass is 31.0. The fourth-order valence-corrected chi connectivity index (χ4v) is 5.43. The Balaban J connectivity index is 2.06. The molecule has 2 saturated carbocycles. The first-order valence-electron chi connectivity index (χ1n) is 9.23. The summed E-state index contributed by atoms with van der Waals surface area (Å²) in [5, 5.41) is 0. The van der Waals surface area contributed by atoms with Gasteiger partial charge in [-0.25, -0.2) is 0 Å². The number of hydrogen-bond donors (Lipinski definition) is 0. The van der Waals surface area contributed by atoms with Crippen LogP contribution < -0.4 is 0 Å². The molecule has 0 aromatic carbocycles. The fourth-order valence-electron chi connectivity index (χ4n) is 5.04. The Morgan fingerprint density at radius 3 is 2.45 bits per heavy atom. The number of fused-ring (bicyclic) bond motifs is 1. The van der Waals surface area contributed by atoms with Crippen LogP contribution in [0.25, 0.3) is 0 Å². The van der Waals surface area contributed by atoms with E-state index < -0.39 is 0 Å². The molecule has 2 fully saturated rings. The van der Waals surface area contributed by atoms with Crippen molar-refractivity contribution in [3.05, 3.63) is 0 Å². The third-order valence-electron chi connectivity index (χ3n) is 6.21. The van der Waals surface area contributed by atoms with Gasteiger partial charge in [-0.05, 0) is 79.7 Å². The molecular weight excluding hydrogens is 259 g/mol. The third kappa shape index (κ3) is 4.46. The van der Waals surface area contributed by atoms with E-state index in [-0.39, 0.29) is 0 Å².